The van der Waals surface area contributed by atoms with Crippen LogP contribution in [0.25, 0.3) is 0 Å². The quantitative estimate of drug-likeness (QED) is 0.848. The van der Waals surface area contributed by atoms with E-state index in [0.29, 0.717) is 6.54 Å². The lowest BCUT2D eigenvalue weighted by Crippen LogP contribution is -2.37. The van der Waals surface area contributed by atoms with Gasteiger partial charge in [0.05, 0.1) is 6.10 Å². The van der Waals surface area contributed by atoms with Gasteiger partial charge in [-0.2, -0.15) is 0 Å². The number of carbonyl (C=O) groups is 1. The summed E-state index contributed by atoms with van der Waals surface area (Å²) in [5.74, 6) is 0.0995. The Morgan fingerprint density at radius 3 is 2.65 bits per heavy atom. The topological polar surface area (TPSA) is 29.5 Å². The van der Waals surface area contributed by atoms with Gasteiger partial charge in [-0.25, -0.2) is 4.39 Å². The van der Waals surface area contributed by atoms with Crippen LogP contribution in [0.15, 0.2) is 24.3 Å². The molecule has 2 rings (SSSR count). The van der Waals surface area contributed by atoms with Crippen molar-refractivity contribution < 1.29 is 13.9 Å². The molecule has 110 valence electrons. The van der Waals surface area contributed by atoms with Crippen LogP contribution in [-0.2, 0) is 9.53 Å². The summed E-state index contributed by atoms with van der Waals surface area (Å²) >= 11 is 0. The molecule has 1 aliphatic heterocycles. The third-order valence-electron chi connectivity index (χ3n) is 3.78. The van der Waals surface area contributed by atoms with Gasteiger partial charge in [-0.05, 0) is 44.9 Å². The maximum absolute atomic E-state index is 13.0. The van der Waals surface area contributed by atoms with E-state index in [0.717, 1.165) is 12.0 Å². The van der Waals surface area contributed by atoms with Gasteiger partial charge in [0, 0.05) is 18.5 Å². The highest BCUT2D eigenvalue weighted by atomic mass is 19.1. The van der Waals surface area contributed by atoms with E-state index in [1.807, 2.05) is 30.9 Å². The number of nitrogens with zero attached hydrogens (tertiary/aromatic N) is 1. The summed E-state index contributed by atoms with van der Waals surface area (Å²) in [6.07, 6.45) is 0.976. The van der Waals surface area contributed by atoms with E-state index in [1.54, 1.807) is 0 Å². The fourth-order valence-corrected chi connectivity index (χ4v) is 2.68. The fourth-order valence-electron chi connectivity index (χ4n) is 2.68. The minimum absolute atomic E-state index is 0.0378. The molecule has 1 amide bonds. The second-order valence-electron chi connectivity index (χ2n) is 5.74. The lowest BCUT2D eigenvalue weighted by molar-refractivity contribution is -0.138. The average molecular weight is 279 g/mol. The summed E-state index contributed by atoms with van der Waals surface area (Å²) in [5.41, 5.74) is 1.10. The predicted octanol–water partition coefficient (Wildman–Crippen LogP) is 2.96. The smallest absolute Gasteiger partial charge is 0.248 e. The van der Waals surface area contributed by atoms with Crippen LogP contribution in [-0.4, -0.2) is 36.1 Å². The SMILES string of the molecule is CC(C)OCC(=O)N1C[C@@H](c2ccc(F)cc2)C[C@@H]1C. The van der Waals surface area contributed by atoms with Crippen LogP contribution in [0.4, 0.5) is 4.39 Å². The van der Waals surface area contributed by atoms with Crippen molar-refractivity contribution in [1.29, 1.82) is 0 Å². The minimum Gasteiger partial charge on any atom is -0.369 e. The van der Waals surface area contributed by atoms with Crippen molar-refractivity contribution in [2.75, 3.05) is 13.2 Å². The predicted molar refractivity (Wildman–Crippen MR) is 76.0 cm³/mol. The molecular formula is C16H22FNO2. The number of benzene rings is 1. The van der Waals surface area contributed by atoms with Crippen LogP contribution in [0.3, 0.4) is 0 Å². The summed E-state index contributed by atoms with van der Waals surface area (Å²) in [5, 5.41) is 0. The van der Waals surface area contributed by atoms with Crippen LogP contribution in [0.5, 0.6) is 0 Å². The van der Waals surface area contributed by atoms with E-state index < -0.39 is 0 Å². The molecule has 1 saturated heterocycles. The van der Waals surface area contributed by atoms with Gasteiger partial charge < -0.3 is 9.64 Å². The molecule has 0 bridgehead atoms. The number of rotatable bonds is 4. The summed E-state index contributed by atoms with van der Waals surface area (Å²) < 4.78 is 18.3. The number of halogens is 1. The second kappa shape index (κ2) is 6.35. The van der Waals surface area contributed by atoms with Gasteiger partial charge >= 0.3 is 0 Å². The summed E-state index contributed by atoms with van der Waals surface area (Å²) in [6, 6.07) is 6.78. The lowest BCUT2D eigenvalue weighted by atomic mass is 9.97. The van der Waals surface area contributed by atoms with Crippen molar-refractivity contribution in [3.63, 3.8) is 0 Å². The number of hydrogen-bond acceptors (Lipinski definition) is 2. The van der Waals surface area contributed by atoms with Crippen molar-refractivity contribution in [1.82, 2.24) is 4.90 Å². The van der Waals surface area contributed by atoms with Crippen LogP contribution in [0.1, 0.15) is 38.7 Å². The zero-order valence-corrected chi connectivity index (χ0v) is 12.3. The molecular weight excluding hydrogens is 257 g/mol. The van der Waals surface area contributed by atoms with Crippen molar-refractivity contribution in [3.05, 3.63) is 35.6 Å². The van der Waals surface area contributed by atoms with Crippen molar-refractivity contribution in [3.8, 4) is 0 Å². The monoisotopic (exact) mass is 279 g/mol. The molecule has 2 atom stereocenters. The van der Waals surface area contributed by atoms with Crippen molar-refractivity contribution in [2.24, 2.45) is 0 Å². The molecule has 1 aromatic rings. The molecule has 3 nitrogen and oxygen atoms in total. The van der Waals surface area contributed by atoms with Crippen molar-refractivity contribution in [2.45, 2.75) is 45.3 Å². The highest BCUT2D eigenvalue weighted by molar-refractivity contribution is 5.78. The highest BCUT2D eigenvalue weighted by Gasteiger charge is 2.33. The maximum Gasteiger partial charge on any atom is 0.248 e. The van der Waals surface area contributed by atoms with Gasteiger partial charge in [-0.1, -0.05) is 12.1 Å². The minimum atomic E-state index is -0.224. The molecule has 4 heteroatoms. The molecule has 0 aliphatic carbocycles. The number of carbonyl (C=O) groups excluding carboxylic acids is 1. The summed E-state index contributed by atoms with van der Waals surface area (Å²) in [4.78, 5) is 14.0. The van der Waals surface area contributed by atoms with Crippen LogP contribution in [0.2, 0.25) is 0 Å². The lowest BCUT2D eigenvalue weighted by Gasteiger charge is -2.22. The highest BCUT2D eigenvalue weighted by Crippen LogP contribution is 2.31. The Morgan fingerprint density at radius 2 is 2.05 bits per heavy atom. The third-order valence-corrected chi connectivity index (χ3v) is 3.78. The number of hydrogen-bond donors (Lipinski definition) is 0. The first kappa shape index (κ1) is 15.0. The van der Waals surface area contributed by atoms with Gasteiger partial charge in [-0.3, -0.25) is 4.79 Å². The summed E-state index contributed by atoms with van der Waals surface area (Å²) in [7, 11) is 0. The van der Waals surface area contributed by atoms with E-state index in [-0.39, 0.29) is 36.4 Å². The molecule has 0 saturated carbocycles. The number of amides is 1. The number of likely N-dealkylation sites (tertiary alicyclic amines) is 1. The molecule has 20 heavy (non-hydrogen) atoms. The Hall–Kier alpha value is -1.42. The molecule has 0 spiro atoms. The molecule has 1 aromatic carbocycles. The second-order valence-corrected chi connectivity index (χ2v) is 5.74. The van der Waals surface area contributed by atoms with Gasteiger partial charge in [-0.15, -0.1) is 0 Å². The van der Waals surface area contributed by atoms with Gasteiger partial charge in [0.2, 0.25) is 5.91 Å². The summed E-state index contributed by atoms with van der Waals surface area (Å²) in [6.45, 7) is 6.71. The van der Waals surface area contributed by atoms with E-state index >= 15 is 0 Å². The van der Waals surface area contributed by atoms with Gasteiger partial charge in [0.25, 0.3) is 0 Å². The molecule has 0 N–H and O–H groups in total. The Balaban J connectivity index is 1.98. The first-order chi connectivity index (χ1) is 9.47. The van der Waals surface area contributed by atoms with E-state index in [4.69, 9.17) is 4.74 Å². The first-order valence-corrected chi connectivity index (χ1v) is 7.14. The average Bonchev–Trinajstić information content (AvgIpc) is 2.79. The standard InChI is InChI=1S/C16H22FNO2/c1-11(2)20-10-16(19)18-9-14(8-12(18)3)13-4-6-15(17)7-5-13/h4-7,11-12,14H,8-10H2,1-3H3/t12-,14-/m0/s1. The molecule has 1 fully saturated rings. The third kappa shape index (κ3) is 3.57. The normalized spacial score (nSPS) is 22.6. The van der Waals surface area contributed by atoms with Crippen LogP contribution < -0.4 is 0 Å². The molecule has 0 unspecified atom stereocenters. The van der Waals surface area contributed by atoms with Crippen LogP contribution in [0, 0.1) is 5.82 Å². The van der Waals surface area contributed by atoms with Crippen molar-refractivity contribution >= 4 is 5.91 Å². The maximum atomic E-state index is 13.0. The molecule has 0 aromatic heterocycles. The molecule has 1 heterocycles. The molecule has 0 radical (unpaired) electrons. The Kier molecular flexibility index (Phi) is 4.76. The number of ether oxygens (including phenoxy) is 1. The first-order valence-electron chi connectivity index (χ1n) is 7.14. The Labute approximate surface area is 119 Å². The zero-order chi connectivity index (χ0) is 14.7. The van der Waals surface area contributed by atoms with Gasteiger partial charge in [0.1, 0.15) is 12.4 Å². The van der Waals surface area contributed by atoms with Crippen LogP contribution >= 0.6 is 0 Å². The Bertz CT molecular complexity index is 458. The largest absolute Gasteiger partial charge is 0.369 e. The van der Waals surface area contributed by atoms with E-state index in [9.17, 15) is 9.18 Å². The Morgan fingerprint density at radius 1 is 1.40 bits per heavy atom. The molecule has 1 aliphatic rings. The zero-order valence-electron chi connectivity index (χ0n) is 12.3. The fraction of sp³-hybridized carbons (Fsp3) is 0.562. The van der Waals surface area contributed by atoms with Gasteiger partial charge in [0.15, 0.2) is 0 Å². The van der Waals surface area contributed by atoms with E-state index in [1.165, 1.54) is 12.1 Å². The van der Waals surface area contributed by atoms with E-state index in [2.05, 4.69) is 6.92 Å².